The van der Waals surface area contributed by atoms with Crippen LogP contribution in [0.4, 0.5) is 0 Å². The quantitative estimate of drug-likeness (QED) is 0.171. The van der Waals surface area contributed by atoms with Crippen LogP contribution < -0.4 is 0 Å². The average molecular weight is 403 g/mol. The zero-order valence-electron chi connectivity index (χ0n) is 17.3. The molecule has 0 amide bonds. The number of hydrogen-bond donors (Lipinski definition) is 2. The van der Waals surface area contributed by atoms with E-state index in [1.807, 2.05) is 0 Å². The summed E-state index contributed by atoms with van der Waals surface area (Å²) in [6.07, 6.45) is 20.4. The second-order valence-electron chi connectivity index (χ2n) is 8.03. The molecule has 27 heavy (non-hydrogen) atoms. The van der Waals surface area contributed by atoms with E-state index in [2.05, 4.69) is 13.8 Å². The summed E-state index contributed by atoms with van der Waals surface area (Å²) in [4.78, 5) is 0. The average Bonchev–Trinajstić information content (AvgIpc) is 2.63. The first-order valence-electron chi connectivity index (χ1n) is 11.2. The SMILES string of the molecule is CCCCCCCCCCCCCCCCC(C)c1cc(O)ccc1O.[KH]. The fourth-order valence-corrected chi connectivity index (χ4v) is 3.74. The van der Waals surface area contributed by atoms with E-state index >= 15 is 0 Å². The molecular weight excluding hydrogens is 359 g/mol. The third-order valence-electron chi connectivity index (χ3n) is 5.53. The topological polar surface area (TPSA) is 40.5 Å². The molecule has 3 heteroatoms. The Morgan fingerprint density at radius 1 is 0.704 bits per heavy atom. The third-order valence-corrected chi connectivity index (χ3v) is 5.53. The molecule has 2 nitrogen and oxygen atoms in total. The molecular formula is C24H43KO2. The third kappa shape index (κ3) is 14.1. The van der Waals surface area contributed by atoms with E-state index in [1.165, 1.54) is 96.0 Å². The van der Waals surface area contributed by atoms with Crippen LogP contribution in [-0.4, -0.2) is 61.6 Å². The van der Waals surface area contributed by atoms with Gasteiger partial charge in [0.1, 0.15) is 11.5 Å². The number of phenolic OH excluding ortho intramolecular Hbond substituents is 2. The molecule has 1 rings (SSSR count). The van der Waals surface area contributed by atoms with Gasteiger partial charge < -0.3 is 10.2 Å². The van der Waals surface area contributed by atoms with Crippen LogP contribution in [0.3, 0.4) is 0 Å². The standard InChI is InChI=1S/C24H42O2.K.H/c1-3-4-5-6-7-8-9-10-11-12-13-14-15-16-17-21(2)23-20-22(25)18-19-24(23)26;;/h18-21,25-26H,3-17H2,1-2H3;;. The molecule has 152 valence electrons. The molecule has 1 aromatic rings. The second kappa shape index (κ2) is 18.5. The zero-order chi connectivity index (χ0) is 19.0. The van der Waals surface area contributed by atoms with Gasteiger partial charge in [-0.1, -0.05) is 104 Å². The van der Waals surface area contributed by atoms with Crippen molar-refractivity contribution in [1.82, 2.24) is 0 Å². The fourth-order valence-electron chi connectivity index (χ4n) is 3.74. The van der Waals surface area contributed by atoms with E-state index in [9.17, 15) is 10.2 Å². The van der Waals surface area contributed by atoms with Crippen molar-refractivity contribution < 1.29 is 10.2 Å². The molecule has 0 aromatic heterocycles. The molecule has 0 spiro atoms. The van der Waals surface area contributed by atoms with E-state index in [4.69, 9.17) is 0 Å². The Morgan fingerprint density at radius 2 is 1.15 bits per heavy atom. The van der Waals surface area contributed by atoms with Crippen LogP contribution in [0.15, 0.2) is 18.2 Å². The summed E-state index contributed by atoms with van der Waals surface area (Å²) in [7, 11) is 0. The molecule has 0 aliphatic rings. The van der Waals surface area contributed by atoms with E-state index in [0.29, 0.717) is 11.7 Å². The normalized spacial score (nSPS) is 11.9. The van der Waals surface area contributed by atoms with Gasteiger partial charge in [0.05, 0.1) is 0 Å². The molecule has 0 fully saturated rings. The molecule has 0 bridgehead atoms. The fraction of sp³-hybridized carbons (Fsp3) is 0.750. The Balaban J connectivity index is 0.00000676. The first-order valence-corrected chi connectivity index (χ1v) is 11.2. The van der Waals surface area contributed by atoms with Crippen molar-refractivity contribution in [3.63, 3.8) is 0 Å². The Hall–Kier alpha value is 0.456. The first-order chi connectivity index (χ1) is 12.6. The van der Waals surface area contributed by atoms with Crippen LogP contribution in [0.5, 0.6) is 11.5 Å². The molecule has 0 saturated carbocycles. The molecule has 0 heterocycles. The maximum atomic E-state index is 9.91. The summed E-state index contributed by atoms with van der Waals surface area (Å²) >= 11 is 0. The second-order valence-corrected chi connectivity index (χ2v) is 8.03. The van der Waals surface area contributed by atoms with Gasteiger partial charge in [-0.3, -0.25) is 0 Å². The van der Waals surface area contributed by atoms with Gasteiger partial charge in [0, 0.05) is 5.56 Å². The summed E-state index contributed by atoms with van der Waals surface area (Å²) in [6, 6.07) is 4.83. The van der Waals surface area contributed by atoms with E-state index in [-0.39, 0.29) is 57.1 Å². The Labute approximate surface area is 211 Å². The van der Waals surface area contributed by atoms with Gasteiger partial charge in [-0.25, -0.2) is 0 Å². The van der Waals surface area contributed by atoms with Gasteiger partial charge in [0.2, 0.25) is 0 Å². The minimum atomic E-state index is 0. The Bertz CT molecular complexity index is 462. The zero-order valence-corrected chi connectivity index (χ0v) is 17.3. The molecule has 0 aliphatic heterocycles. The summed E-state index contributed by atoms with van der Waals surface area (Å²) in [5, 5.41) is 19.5. The summed E-state index contributed by atoms with van der Waals surface area (Å²) in [6.45, 7) is 4.41. The van der Waals surface area contributed by atoms with E-state index < -0.39 is 0 Å². The van der Waals surface area contributed by atoms with Gasteiger partial charge in [-0.15, -0.1) is 0 Å². The molecule has 1 aromatic carbocycles. The van der Waals surface area contributed by atoms with Crippen LogP contribution in [0.1, 0.15) is 122 Å². The Kier molecular flexibility index (Phi) is 18.8. The van der Waals surface area contributed by atoms with Crippen molar-refractivity contribution in [3.8, 4) is 11.5 Å². The maximum absolute atomic E-state index is 9.91. The van der Waals surface area contributed by atoms with Crippen LogP contribution in [0.25, 0.3) is 0 Å². The van der Waals surface area contributed by atoms with Gasteiger partial charge in [-0.2, -0.15) is 0 Å². The number of aromatic hydroxyl groups is 2. The first kappa shape index (κ1) is 27.5. The molecule has 0 radical (unpaired) electrons. The number of benzene rings is 1. The van der Waals surface area contributed by atoms with Crippen molar-refractivity contribution in [3.05, 3.63) is 23.8 Å². The molecule has 2 N–H and O–H groups in total. The number of phenols is 2. The van der Waals surface area contributed by atoms with Crippen molar-refractivity contribution in [2.45, 2.75) is 116 Å². The Morgan fingerprint density at radius 3 is 1.63 bits per heavy atom. The summed E-state index contributed by atoms with van der Waals surface area (Å²) in [5.74, 6) is 0.852. The van der Waals surface area contributed by atoms with Crippen LogP contribution in [0.2, 0.25) is 0 Å². The molecule has 1 atom stereocenters. The van der Waals surface area contributed by atoms with Crippen molar-refractivity contribution in [1.29, 1.82) is 0 Å². The molecule has 1 unspecified atom stereocenters. The number of hydrogen-bond acceptors (Lipinski definition) is 2. The van der Waals surface area contributed by atoms with Crippen LogP contribution >= 0.6 is 0 Å². The summed E-state index contributed by atoms with van der Waals surface area (Å²) < 4.78 is 0. The van der Waals surface area contributed by atoms with Gasteiger partial charge in [0.25, 0.3) is 0 Å². The van der Waals surface area contributed by atoms with Gasteiger partial charge >= 0.3 is 51.4 Å². The van der Waals surface area contributed by atoms with Gasteiger partial charge in [-0.05, 0) is 30.5 Å². The van der Waals surface area contributed by atoms with Crippen molar-refractivity contribution >= 4 is 51.4 Å². The molecule has 0 aliphatic carbocycles. The van der Waals surface area contributed by atoms with Crippen molar-refractivity contribution in [2.24, 2.45) is 0 Å². The van der Waals surface area contributed by atoms with Gasteiger partial charge in [0.15, 0.2) is 0 Å². The van der Waals surface area contributed by atoms with E-state index in [1.54, 1.807) is 12.1 Å². The predicted molar refractivity (Wildman–Crippen MR) is 120 cm³/mol. The van der Waals surface area contributed by atoms with Crippen LogP contribution in [0, 0.1) is 0 Å². The monoisotopic (exact) mass is 402 g/mol. The van der Waals surface area contributed by atoms with Crippen molar-refractivity contribution in [2.75, 3.05) is 0 Å². The number of unbranched alkanes of at least 4 members (excludes halogenated alkanes) is 13. The summed E-state index contributed by atoms with van der Waals surface area (Å²) in [5.41, 5.74) is 0.875. The number of rotatable bonds is 16. The predicted octanol–water partition coefficient (Wildman–Crippen LogP) is 7.42. The minimum absolute atomic E-state index is 0. The van der Waals surface area contributed by atoms with E-state index in [0.717, 1.165) is 12.0 Å². The van der Waals surface area contributed by atoms with Crippen LogP contribution in [-0.2, 0) is 0 Å². The molecule has 0 saturated heterocycles.